The molecule has 0 spiro atoms. The van der Waals surface area contributed by atoms with E-state index in [4.69, 9.17) is 0 Å². The van der Waals surface area contributed by atoms with Crippen LogP contribution in [0.1, 0.15) is 39.7 Å². The molecule has 5 nitrogen and oxygen atoms in total. The minimum atomic E-state index is -0.304. The number of benzene rings is 1. The molecule has 1 aliphatic heterocycles. The highest BCUT2D eigenvalue weighted by Gasteiger charge is 2.39. The molecular formula is C19H31Cl2N3O2. The molecule has 0 aromatic heterocycles. The third kappa shape index (κ3) is 7.16. The molecule has 7 heteroatoms. The molecule has 0 unspecified atom stereocenters. The van der Waals surface area contributed by atoms with Crippen molar-refractivity contribution in [3.63, 3.8) is 0 Å². The average molecular weight is 404 g/mol. The van der Waals surface area contributed by atoms with Gasteiger partial charge in [0.25, 0.3) is 0 Å². The van der Waals surface area contributed by atoms with Crippen molar-refractivity contribution < 1.29 is 9.90 Å². The smallest absolute Gasteiger partial charge is 0.248 e. The summed E-state index contributed by atoms with van der Waals surface area (Å²) >= 11 is 0. The lowest BCUT2D eigenvalue weighted by molar-refractivity contribution is -0.118. The van der Waals surface area contributed by atoms with E-state index in [-0.39, 0.29) is 47.5 Å². The highest BCUT2D eigenvalue weighted by molar-refractivity contribution is 5.96. The first-order chi connectivity index (χ1) is 11.2. The summed E-state index contributed by atoms with van der Waals surface area (Å²) in [6, 6.07) is 7.21. The topological polar surface area (TPSA) is 73.4 Å². The number of hydrogen-bond acceptors (Lipinski definition) is 4. The lowest BCUT2D eigenvalue weighted by atomic mass is 9.96. The van der Waals surface area contributed by atoms with Crippen molar-refractivity contribution in [3.8, 4) is 5.75 Å². The summed E-state index contributed by atoms with van der Waals surface area (Å²) in [5, 5.41) is 19.2. The molecule has 148 valence electrons. The molecule has 0 saturated heterocycles. The van der Waals surface area contributed by atoms with Gasteiger partial charge in [-0.05, 0) is 58.4 Å². The second kappa shape index (κ2) is 10.2. The van der Waals surface area contributed by atoms with Gasteiger partial charge in [0.15, 0.2) is 0 Å². The Bertz CT molecular complexity index is 631. The van der Waals surface area contributed by atoms with Crippen LogP contribution in [-0.2, 0) is 11.3 Å². The van der Waals surface area contributed by atoms with Crippen LogP contribution in [0.5, 0.6) is 5.75 Å². The molecular weight excluding hydrogens is 373 g/mol. The summed E-state index contributed by atoms with van der Waals surface area (Å²) < 4.78 is 0. The molecule has 0 fully saturated rings. The Labute approximate surface area is 168 Å². The van der Waals surface area contributed by atoms with Crippen LogP contribution >= 0.6 is 24.8 Å². The van der Waals surface area contributed by atoms with Crippen molar-refractivity contribution in [2.75, 3.05) is 13.1 Å². The number of carbonyl (C=O) groups is 1. The molecule has 1 amide bonds. The highest BCUT2D eigenvalue weighted by atomic mass is 35.5. The van der Waals surface area contributed by atoms with E-state index in [1.165, 1.54) is 0 Å². The van der Waals surface area contributed by atoms with Gasteiger partial charge in [0.05, 0.1) is 0 Å². The molecule has 0 saturated carbocycles. The summed E-state index contributed by atoms with van der Waals surface area (Å²) in [4.78, 5) is 12.4. The number of phenolic OH excluding ortho intramolecular Hbond substituents is 1. The summed E-state index contributed by atoms with van der Waals surface area (Å²) in [5.41, 5.74) is 1.39. The van der Waals surface area contributed by atoms with Gasteiger partial charge in [-0.15, -0.1) is 24.8 Å². The van der Waals surface area contributed by atoms with Gasteiger partial charge < -0.3 is 15.7 Å². The predicted octanol–water partition coefficient (Wildman–Crippen LogP) is 2.92. The molecule has 2 rings (SSSR count). The van der Waals surface area contributed by atoms with Gasteiger partial charge >= 0.3 is 0 Å². The Morgan fingerprint density at radius 3 is 2.42 bits per heavy atom. The summed E-state index contributed by atoms with van der Waals surface area (Å²) in [5.74, 6) is 0.289. The van der Waals surface area contributed by atoms with Gasteiger partial charge in [-0.3, -0.25) is 10.1 Å². The highest BCUT2D eigenvalue weighted by Crippen LogP contribution is 2.29. The second-order valence-corrected chi connectivity index (χ2v) is 7.49. The molecule has 1 heterocycles. The molecule has 0 atom stereocenters. The van der Waals surface area contributed by atoms with E-state index in [2.05, 4.69) is 29.8 Å². The first-order valence-electron chi connectivity index (χ1n) is 8.49. The third-order valence-corrected chi connectivity index (χ3v) is 4.11. The number of aromatic hydroxyl groups is 1. The molecule has 0 aliphatic carbocycles. The van der Waals surface area contributed by atoms with E-state index in [0.29, 0.717) is 13.1 Å². The van der Waals surface area contributed by atoms with Gasteiger partial charge in [0, 0.05) is 29.7 Å². The van der Waals surface area contributed by atoms with Crippen LogP contribution in [0.2, 0.25) is 0 Å². The maximum Gasteiger partial charge on any atom is 0.248 e. The zero-order valence-electron chi connectivity index (χ0n) is 15.9. The Kier molecular flexibility index (Phi) is 9.67. The largest absolute Gasteiger partial charge is 0.508 e. The van der Waals surface area contributed by atoms with Gasteiger partial charge in [0.2, 0.25) is 5.91 Å². The number of carbonyl (C=O) groups excluding carboxylic acids is 1. The van der Waals surface area contributed by atoms with Crippen LogP contribution in [0.4, 0.5) is 0 Å². The monoisotopic (exact) mass is 403 g/mol. The molecule has 0 radical (unpaired) electrons. The van der Waals surface area contributed by atoms with Gasteiger partial charge in [-0.1, -0.05) is 18.2 Å². The predicted molar refractivity (Wildman–Crippen MR) is 111 cm³/mol. The average Bonchev–Trinajstić information content (AvgIpc) is 2.70. The fourth-order valence-electron chi connectivity index (χ4n) is 3.21. The maximum absolute atomic E-state index is 12.4. The lowest BCUT2D eigenvalue weighted by Crippen LogP contribution is -2.47. The van der Waals surface area contributed by atoms with Crippen LogP contribution in [0, 0.1) is 0 Å². The Morgan fingerprint density at radius 1 is 1.15 bits per heavy atom. The maximum atomic E-state index is 12.4. The molecule has 0 bridgehead atoms. The van der Waals surface area contributed by atoms with Crippen LogP contribution in [0.3, 0.4) is 0 Å². The van der Waals surface area contributed by atoms with Crippen molar-refractivity contribution in [1.29, 1.82) is 0 Å². The van der Waals surface area contributed by atoms with Gasteiger partial charge in [-0.2, -0.15) is 0 Å². The quantitative estimate of drug-likeness (QED) is 0.528. The first-order valence-corrected chi connectivity index (χ1v) is 8.49. The van der Waals surface area contributed by atoms with Crippen LogP contribution in [-0.4, -0.2) is 35.2 Å². The van der Waals surface area contributed by atoms with Crippen molar-refractivity contribution in [3.05, 3.63) is 41.5 Å². The van der Waals surface area contributed by atoms with Crippen molar-refractivity contribution in [2.45, 2.75) is 51.7 Å². The normalized spacial score (nSPS) is 16.8. The molecule has 26 heavy (non-hydrogen) atoms. The first kappa shape index (κ1) is 24.7. The summed E-state index contributed by atoms with van der Waals surface area (Å²) in [6.45, 7) is 10.4. The van der Waals surface area contributed by atoms with Crippen molar-refractivity contribution in [2.24, 2.45) is 0 Å². The van der Waals surface area contributed by atoms with Gasteiger partial charge in [0.1, 0.15) is 5.75 Å². The Morgan fingerprint density at radius 2 is 1.85 bits per heavy atom. The zero-order chi connectivity index (χ0) is 17.8. The van der Waals surface area contributed by atoms with E-state index >= 15 is 0 Å². The van der Waals surface area contributed by atoms with E-state index in [0.717, 1.165) is 24.1 Å². The van der Waals surface area contributed by atoms with Crippen LogP contribution in [0.25, 0.3) is 0 Å². The molecule has 1 aromatic carbocycles. The fourth-order valence-corrected chi connectivity index (χ4v) is 3.21. The summed E-state index contributed by atoms with van der Waals surface area (Å²) in [6.07, 6.45) is 2.87. The van der Waals surface area contributed by atoms with Crippen molar-refractivity contribution in [1.82, 2.24) is 16.0 Å². The number of hydrogen-bond donors (Lipinski definition) is 4. The van der Waals surface area contributed by atoms with Crippen molar-refractivity contribution >= 4 is 30.7 Å². The Hall–Kier alpha value is -1.27. The van der Waals surface area contributed by atoms with E-state index < -0.39 is 0 Å². The number of halogens is 2. The van der Waals surface area contributed by atoms with E-state index in [9.17, 15) is 9.90 Å². The lowest BCUT2D eigenvalue weighted by Gasteiger charge is -2.27. The SMILES string of the molecule is CC1(C)C=C(C(=O)NCCCNCc2cccc(O)c2)C(C)(C)N1.Cl.Cl. The van der Waals surface area contributed by atoms with E-state index in [1.54, 1.807) is 12.1 Å². The standard InChI is InChI=1S/C19H29N3O2.2ClH/c1-18(2)12-16(19(3,4)22-18)17(24)21-10-6-9-20-13-14-7-5-8-15(23)11-14;;/h5,7-8,11-12,20,22-23H,6,9-10,13H2,1-4H3,(H,21,24);2*1H. The summed E-state index contributed by atoms with van der Waals surface area (Å²) in [7, 11) is 0. The number of phenols is 1. The Balaban J connectivity index is 0.00000312. The minimum Gasteiger partial charge on any atom is -0.508 e. The number of rotatable bonds is 7. The second-order valence-electron chi connectivity index (χ2n) is 7.49. The third-order valence-electron chi connectivity index (χ3n) is 4.11. The van der Waals surface area contributed by atoms with E-state index in [1.807, 2.05) is 32.1 Å². The number of nitrogens with one attached hydrogen (secondary N) is 3. The molecule has 1 aliphatic rings. The fraction of sp³-hybridized carbons (Fsp3) is 0.526. The van der Waals surface area contributed by atoms with Crippen LogP contribution in [0.15, 0.2) is 35.9 Å². The van der Waals surface area contributed by atoms with Gasteiger partial charge in [-0.25, -0.2) is 0 Å². The molecule has 4 N–H and O–H groups in total. The number of amides is 1. The minimum absolute atomic E-state index is 0. The molecule has 1 aromatic rings. The zero-order valence-corrected chi connectivity index (χ0v) is 17.5. The van der Waals surface area contributed by atoms with Crippen LogP contribution < -0.4 is 16.0 Å².